The van der Waals surface area contributed by atoms with Crippen molar-refractivity contribution >= 4 is 66.8 Å². The summed E-state index contributed by atoms with van der Waals surface area (Å²) in [5, 5.41) is 22.1. The Kier molecular flexibility index (Phi) is 10.9. The van der Waals surface area contributed by atoms with Gasteiger partial charge in [-0.1, -0.05) is 50.2 Å². The highest BCUT2D eigenvalue weighted by molar-refractivity contribution is 8.23. The number of aliphatic hydroxyl groups excluding tert-OH is 1. The van der Waals surface area contributed by atoms with Gasteiger partial charge >= 0.3 is 0 Å². The van der Waals surface area contributed by atoms with Gasteiger partial charge < -0.3 is 19.8 Å². The van der Waals surface area contributed by atoms with Crippen molar-refractivity contribution in [3.63, 3.8) is 0 Å². The smallest absolute Gasteiger partial charge is 0.202 e. The molecule has 0 amide bonds. The van der Waals surface area contributed by atoms with Gasteiger partial charge in [0.1, 0.15) is 11.1 Å². The predicted octanol–water partition coefficient (Wildman–Crippen LogP) is 5.63. The van der Waals surface area contributed by atoms with Crippen molar-refractivity contribution in [1.82, 2.24) is 9.88 Å². The lowest BCUT2D eigenvalue weighted by Gasteiger charge is -2.26. The fourth-order valence-corrected chi connectivity index (χ4v) is 7.55. The molecule has 0 spiro atoms. The molecule has 10 heteroatoms. The number of aliphatic imine (C=N–C) groups is 1. The van der Waals surface area contributed by atoms with Crippen LogP contribution in [-0.2, 0) is 4.79 Å². The third-order valence-corrected chi connectivity index (χ3v) is 10.0. The Morgan fingerprint density at radius 2 is 1.43 bits per heavy atom. The number of nitrogens with zero attached hydrogens (tertiary/aromatic N) is 5. The maximum atomic E-state index is 13.7. The average Bonchev–Trinajstić information content (AvgIpc) is 3.58. The Bertz CT molecular complexity index is 1480. The fraction of sp³-hybridized carbons (Fsp3) is 0.500. The van der Waals surface area contributed by atoms with Crippen LogP contribution in [0.1, 0.15) is 72.8 Å². The normalized spacial score (nSPS) is 17.5. The number of rotatable bonds is 13. The first-order chi connectivity index (χ1) is 20.3. The maximum absolute atomic E-state index is 13.7. The van der Waals surface area contributed by atoms with Gasteiger partial charge in [0, 0.05) is 45.0 Å². The van der Waals surface area contributed by atoms with Crippen LogP contribution in [0.3, 0.4) is 0 Å². The number of thiazole rings is 1. The highest BCUT2D eigenvalue weighted by Gasteiger charge is 2.37. The number of benzene rings is 1. The molecule has 1 aliphatic carbocycles. The first-order valence-electron chi connectivity index (χ1n) is 15.3. The lowest BCUT2D eigenvalue weighted by molar-refractivity contribution is -0.109. The summed E-state index contributed by atoms with van der Waals surface area (Å²) in [7, 11) is 0. The third-order valence-electron chi connectivity index (χ3n) is 7.75. The van der Waals surface area contributed by atoms with Gasteiger partial charge in [-0.05, 0) is 70.0 Å². The molecule has 226 valence electrons. The molecule has 0 unspecified atom stereocenters. The minimum absolute atomic E-state index is 0.00224. The van der Waals surface area contributed by atoms with Crippen LogP contribution < -0.4 is 19.7 Å². The van der Waals surface area contributed by atoms with Crippen molar-refractivity contribution in [1.29, 1.82) is 5.41 Å². The van der Waals surface area contributed by atoms with Crippen LogP contribution in [0.25, 0.3) is 16.1 Å². The van der Waals surface area contributed by atoms with E-state index in [0.29, 0.717) is 25.9 Å². The van der Waals surface area contributed by atoms with Crippen LogP contribution in [0.2, 0.25) is 0 Å². The average molecular weight is 609 g/mol. The van der Waals surface area contributed by atoms with E-state index in [9.17, 15) is 9.90 Å². The molecule has 2 aromatic rings. The number of aliphatic hydroxyl groups is 1. The SMILES string of the molecule is CCCCN(CCCC)c1ccc(C2=C(O)/C(=c3\sc(N(CC)CC)n\c3=C3\SC(N(CC)CC)=NC3=N)C2=O)cc1. The van der Waals surface area contributed by atoms with Crippen LogP contribution in [-0.4, -0.2) is 71.0 Å². The van der Waals surface area contributed by atoms with E-state index in [1.54, 1.807) is 0 Å². The van der Waals surface area contributed by atoms with Gasteiger partial charge in [-0.15, -0.1) is 0 Å². The van der Waals surface area contributed by atoms with Crippen molar-refractivity contribution in [3.8, 4) is 0 Å². The number of hydrogen-bond acceptors (Lipinski definition) is 9. The molecule has 0 bridgehead atoms. The standard InChI is InChI=1S/C32H44N6O2S2/c1-7-13-19-38(20-14-8-2)22-17-15-21(16-18-22)23-26(39)24(27(23)40)28-25(34-31(41-28)36(9-3)10-4)29-30(33)35-32(42-29)37(11-5)12-6/h15-18,33,39H,7-14,19-20H2,1-6H3/b28-24+,29-25+,33-30?. The monoisotopic (exact) mass is 608 g/mol. The molecule has 1 aliphatic heterocycles. The molecule has 2 aliphatic rings. The van der Waals surface area contributed by atoms with Gasteiger partial charge in [-0.3, -0.25) is 10.2 Å². The number of anilines is 2. The number of unbranched alkanes of at least 4 members (excludes halogenated alkanes) is 2. The van der Waals surface area contributed by atoms with E-state index >= 15 is 0 Å². The molecule has 0 saturated heterocycles. The van der Waals surface area contributed by atoms with E-state index in [0.717, 1.165) is 80.9 Å². The summed E-state index contributed by atoms with van der Waals surface area (Å²) in [6.07, 6.45) is 4.56. The van der Waals surface area contributed by atoms with Crippen LogP contribution in [0, 0.1) is 5.41 Å². The molecule has 42 heavy (non-hydrogen) atoms. The van der Waals surface area contributed by atoms with Gasteiger partial charge in [0.2, 0.25) is 5.78 Å². The zero-order valence-corrected chi connectivity index (χ0v) is 27.4. The molecule has 0 saturated carbocycles. The highest BCUT2D eigenvalue weighted by atomic mass is 32.2. The molecule has 0 radical (unpaired) electrons. The van der Waals surface area contributed by atoms with Crippen molar-refractivity contribution in [2.75, 3.05) is 49.1 Å². The number of amidine groups is 2. The van der Waals surface area contributed by atoms with E-state index in [-0.39, 0.29) is 23.0 Å². The van der Waals surface area contributed by atoms with Gasteiger partial charge in [-0.2, -0.15) is 0 Å². The maximum Gasteiger partial charge on any atom is 0.202 e. The fourth-order valence-electron chi connectivity index (χ4n) is 5.15. The summed E-state index contributed by atoms with van der Waals surface area (Å²) in [6.45, 7) is 17.8. The zero-order valence-electron chi connectivity index (χ0n) is 25.8. The minimum Gasteiger partial charge on any atom is -0.506 e. The molecule has 8 nitrogen and oxygen atoms in total. The van der Waals surface area contributed by atoms with Crippen molar-refractivity contribution < 1.29 is 9.90 Å². The largest absolute Gasteiger partial charge is 0.506 e. The Balaban J connectivity index is 1.79. The number of carbonyl (C=O) groups excluding carboxylic acids is 1. The Hall–Kier alpha value is -3.11. The summed E-state index contributed by atoms with van der Waals surface area (Å²) in [6, 6.07) is 8.00. The van der Waals surface area contributed by atoms with E-state index in [1.165, 1.54) is 23.1 Å². The number of allylic oxidation sites excluding steroid dienone is 2. The quantitative estimate of drug-likeness (QED) is 0.304. The topological polar surface area (TPSA) is 96.1 Å². The molecule has 0 fully saturated rings. The number of nitrogens with one attached hydrogen (secondary N) is 1. The summed E-state index contributed by atoms with van der Waals surface area (Å²) in [4.78, 5) is 30.4. The second kappa shape index (κ2) is 14.4. The second-order valence-corrected chi connectivity index (χ2v) is 12.3. The van der Waals surface area contributed by atoms with Gasteiger partial charge in [0.15, 0.2) is 16.1 Å². The number of Topliss-reactive ketones (excluding diaryl/α,β-unsaturated/α-hetero) is 1. The highest BCUT2D eigenvalue weighted by Crippen LogP contribution is 2.38. The molecule has 0 atom stereocenters. The first-order valence-corrected chi connectivity index (χ1v) is 16.9. The molecule has 1 aromatic carbocycles. The van der Waals surface area contributed by atoms with Gasteiger partial charge in [-0.25, -0.2) is 9.98 Å². The van der Waals surface area contributed by atoms with E-state index < -0.39 is 0 Å². The molecule has 2 N–H and O–H groups in total. The first kappa shape index (κ1) is 31.8. The predicted molar refractivity (Wildman–Crippen MR) is 180 cm³/mol. The third kappa shape index (κ3) is 6.29. The number of hydrogen-bond donors (Lipinski definition) is 2. The van der Waals surface area contributed by atoms with E-state index in [2.05, 4.69) is 73.4 Å². The Labute approximate surface area is 258 Å². The summed E-state index contributed by atoms with van der Waals surface area (Å²) in [5.74, 6) is -0.0513. The van der Waals surface area contributed by atoms with Crippen LogP contribution >= 0.6 is 23.1 Å². The lowest BCUT2D eigenvalue weighted by Crippen LogP contribution is -2.34. The minimum atomic E-state index is -0.190. The number of carbonyl (C=O) groups is 1. The number of thioether (sulfide) groups is 1. The molecular weight excluding hydrogens is 565 g/mol. The van der Waals surface area contributed by atoms with Crippen molar-refractivity contribution in [3.05, 3.63) is 45.5 Å². The second-order valence-electron chi connectivity index (χ2n) is 10.4. The molecule has 4 rings (SSSR count). The van der Waals surface area contributed by atoms with Crippen LogP contribution in [0.4, 0.5) is 10.8 Å². The number of ketones is 1. The molecular formula is C32H44N6O2S2. The lowest BCUT2D eigenvalue weighted by atomic mass is 9.83. The zero-order chi connectivity index (χ0) is 30.4. The van der Waals surface area contributed by atoms with E-state index in [1.807, 2.05) is 12.1 Å². The Morgan fingerprint density at radius 3 is 1.95 bits per heavy atom. The van der Waals surface area contributed by atoms with Crippen LogP contribution in [0.15, 0.2) is 35.0 Å². The summed E-state index contributed by atoms with van der Waals surface area (Å²) in [5.41, 5.74) is 2.48. The van der Waals surface area contributed by atoms with Crippen LogP contribution in [0.5, 0.6) is 0 Å². The summed E-state index contributed by atoms with van der Waals surface area (Å²) >= 11 is 2.81. The van der Waals surface area contributed by atoms with Gasteiger partial charge in [0.25, 0.3) is 0 Å². The van der Waals surface area contributed by atoms with E-state index in [4.69, 9.17) is 10.4 Å². The number of aromatic nitrogens is 1. The molecule has 2 heterocycles. The van der Waals surface area contributed by atoms with Gasteiger partial charge in [0.05, 0.1) is 20.6 Å². The molecule has 1 aromatic heterocycles. The van der Waals surface area contributed by atoms with Crippen molar-refractivity contribution in [2.24, 2.45) is 4.99 Å². The summed E-state index contributed by atoms with van der Waals surface area (Å²) < 4.78 is 0.605. The van der Waals surface area contributed by atoms with Crippen molar-refractivity contribution in [2.45, 2.75) is 67.2 Å². The Morgan fingerprint density at radius 1 is 0.833 bits per heavy atom.